The molecule has 1 aromatic carbocycles. The monoisotopic (exact) mass is 271 g/mol. The fraction of sp³-hybridized carbons (Fsp3) is 0.250. The first-order valence-electron chi connectivity index (χ1n) is 6.44. The Labute approximate surface area is 118 Å². The normalized spacial score (nSPS) is 10.2. The Morgan fingerprint density at radius 3 is 2.50 bits per heavy atom. The van der Waals surface area contributed by atoms with Crippen molar-refractivity contribution in [3.63, 3.8) is 0 Å². The van der Waals surface area contributed by atoms with Crippen LogP contribution in [-0.4, -0.2) is 24.7 Å². The van der Waals surface area contributed by atoms with Crippen LogP contribution in [0.15, 0.2) is 36.5 Å². The molecule has 0 bridgehead atoms. The van der Waals surface area contributed by atoms with Crippen molar-refractivity contribution in [2.75, 3.05) is 13.7 Å². The number of benzene rings is 1. The summed E-state index contributed by atoms with van der Waals surface area (Å²) in [6.45, 7) is 4.11. The quantitative estimate of drug-likeness (QED) is 0.801. The topological polar surface area (TPSA) is 48.4 Å². The smallest absolute Gasteiger partial charge is 0.343 e. The minimum Gasteiger partial charge on any atom is -0.480 e. The van der Waals surface area contributed by atoms with Crippen LogP contribution < -0.4 is 4.74 Å². The number of carbonyl (C=O) groups is 1. The molecule has 0 spiro atoms. The highest BCUT2D eigenvalue weighted by atomic mass is 16.5. The zero-order chi connectivity index (χ0) is 14.5. The van der Waals surface area contributed by atoms with E-state index in [1.54, 1.807) is 19.2 Å². The lowest BCUT2D eigenvalue weighted by Crippen LogP contribution is -2.08. The zero-order valence-corrected chi connectivity index (χ0v) is 11.8. The van der Waals surface area contributed by atoms with Crippen molar-refractivity contribution in [2.24, 2.45) is 0 Å². The van der Waals surface area contributed by atoms with Gasteiger partial charge in [0, 0.05) is 11.8 Å². The Morgan fingerprint density at radius 2 is 1.90 bits per heavy atom. The summed E-state index contributed by atoms with van der Waals surface area (Å²) >= 11 is 0. The van der Waals surface area contributed by atoms with Gasteiger partial charge in [-0.2, -0.15) is 0 Å². The Balaban J connectivity index is 2.43. The van der Waals surface area contributed by atoms with Crippen molar-refractivity contribution < 1.29 is 14.3 Å². The average Bonchev–Trinajstić information content (AvgIpc) is 2.47. The number of carbonyl (C=O) groups excluding carboxylic acids is 1. The van der Waals surface area contributed by atoms with Crippen LogP contribution in [-0.2, 0) is 4.74 Å². The summed E-state index contributed by atoms with van der Waals surface area (Å²) < 4.78 is 10.1. The lowest BCUT2D eigenvalue weighted by atomic mass is 10.0. The van der Waals surface area contributed by atoms with E-state index in [0.29, 0.717) is 12.2 Å². The van der Waals surface area contributed by atoms with E-state index in [2.05, 4.69) is 4.98 Å². The van der Waals surface area contributed by atoms with E-state index in [9.17, 15) is 4.79 Å². The standard InChI is InChI=1S/C16H17NO3/c1-4-20-16(18)14-9-13(10-17-15(14)19-3)12-7-5-11(2)6-8-12/h5-10H,4H2,1-3H3. The third kappa shape index (κ3) is 2.96. The minimum absolute atomic E-state index is 0.277. The van der Waals surface area contributed by atoms with E-state index in [0.717, 1.165) is 11.1 Å². The van der Waals surface area contributed by atoms with E-state index < -0.39 is 5.97 Å². The number of ether oxygens (including phenoxy) is 2. The Bertz CT molecular complexity index is 606. The van der Waals surface area contributed by atoms with Crippen molar-refractivity contribution in [1.82, 2.24) is 4.98 Å². The number of rotatable bonds is 4. The lowest BCUT2D eigenvalue weighted by molar-refractivity contribution is 0.0522. The molecule has 0 saturated carbocycles. The summed E-state index contributed by atoms with van der Waals surface area (Å²) in [4.78, 5) is 16.1. The van der Waals surface area contributed by atoms with Gasteiger partial charge in [0.1, 0.15) is 5.56 Å². The summed E-state index contributed by atoms with van der Waals surface area (Å²) in [6, 6.07) is 9.77. The number of esters is 1. The summed E-state index contributed by atoms with van der Waals surface area (Å²) in [7, 11) is 1.48. The van der Waals surface area contributed by atoms with Crippen LogP contribution in [0.5, 0.6) is 5.88 Å². The Morgan fingerprint density at radius 1 is 1.20 bits per heavy atom. The van der Waals surface area contributed by atoms with Gasteiger partial charge in [0.25, 0.3) is 0 Å². The molecule has 0 N–H and O–H groups in total. The van der Waals surface area contributed by atoms with Gasteiger partial charge in [-0.05, 0) is 25.5 Å². The van der Waals surface area contributed by atoms with Gasteiger partial charge in [0.05, 0.1) is 13.7 Å². The van der Waals surface area contributed by atoms with Gasteiger partial charge >= 0.3 is 5.97 Å². The number of hydrogen-bond acceptors (Lipinski definition) is 4. The maximum atomic E-state index is 11.9. The first kappa shape index (κ1) is 14.1. The molecule has 0 unspecified atom stereocenters. The molecule has 20 heavy (non-hydrogen) atoms. The molecule has 104 valence electrons. The molecule has 0 saturated heterocycles. The number of methoxy groups -OCH3 is 1. The van der Waals surface area contributed by atoms with Crippen LogP contribution in [0.4, 0.5) is 0 Å². The molecule has 0 aliphatic heterocycles. The van der Waals surface area contributed by atoms with Crippen molar-refractivity contribution in [3.8, 4) is 17.0 Å². The van der Waals surface area contributed by atoms with E-state index in [4.69, 9.17) is 9.47 Å². The molecule has 0 aliphatic carbocycles. The number of pyridine rings is 1. The zero-order valence-electron chi connectivity index (χ0n) is 11.8. The largest absolute Gasteiger partial charge is 0.480 e. The second-order valence-corrected chi connectivity index (χ2v) is 4.37. The van der Waals surface area contributed by atoms with Gasteiger partial charge in [-0.25, -0.2) is 9.78 Å². The number of hydrogen-bond donors (Lipinski definition) is 0. The molecule has 0 fully saturated rings. The van der Waals surface area contributed by atoms with Crippen molar-refractivity contribution >= 4 is 5.97 Å². The predicted octanol–water partition coefficient (Wildman–Crippen LogP) is 3.24. The van der Waals surface area contributed by atoms with Crippen LogP contribution in [0, 0.1) is 6.92 Å². The molecule has 4 heteroatoms. The van der Waals surface area contributed by atoms with Gasteiger partial charge in [-0.15, -0.1) is 0 Å². The summed E-state index contributed by atoms with van der Waals surface area (Å²) in [5.74, 6) is -0.148. The van der Waals surface area contributed by atoms with Gasteiger partial charge in [-0.3, -0.25) is 0 Å². The lowest BCUT2D eigenvalue weighted by Gasteiger charge is -2.09. The fourth-order valence-electron chi connectivity index (χ4n) is 1.87. The van der Waals surface area contributed by atoms with Crippen LogP contribution in [0.3, 0.4) is 0 Å². The second-order valence-electron chi connectivity index (χ2n) is 4.37. The highest BCUT2D eigenvalue weighted by molar-refractivity contribution is 5.93. The van der Waals surface area contributed by atoms with Gasteiger partial charge < -0.3 is 9.47 Å². The van der Waals surface area contributed by atoms with E-state index in [1.165, 1.54) is 12.7 Å². The highest BCUT2D eigenvalue weighted by Gasteiger charge is 2.16. The highest BCUT2D eigenvalue weighted by Crippen LogP contribution is 2.25. The maximum absolute atomic E-state index is 11.9. The van der Waals surface area contributed by atoms with Crippen LogP contribution >= 0.6 is 0 Å². The number of nitrogens with zero attached hydrogens (tertiary/aromatic N) is 1. The molecule has 0 atom stereocenters. The van der Waals surface area contributed by atoms with E-state index in [1.807, 2.05) is 31.2 Å². The molecule has 1 aromatic heterocycles. The maximum Gasteiger partial charge on any atom is 0.343 e. The SMILES string of the molecule is CCOC(=O)c1cc(-c2ccc(C)cc2)cnc1OC. The van der Waals surface area contributed by atoms with E-state index in [-0.39, 0.29) is 5.88 Å². The minimum atomic E-state index is -0.425. The van der Waals surface area contributed by atoms with Crippen LogP contribution in [0.1, 0.15) is 22.8 Å². The van der Waals surface area contributed by atoms with Gasteiger partial charge in [-0.1, -0.05) is 29.8 Å². The molecule has 0 radical (unpaired) electrons. The van der Waals surface area contributed by atoms with E-state index >= 15 is 0 Å². The predicted molar refractivity (Wildman–Crippen MR) is 76.9 cm³/mol. The first-order chi connectivity index (χ1) is 9.65. The molecular weight excluding hydrogens is 254 g/mol. The summed E-state index contributed by atoms with van der Waals surface area (Å²) in [6.07, 6.45) is 1.69. The third-order valence-corrected chi connectivity index (χ3v) is 2.92. The summed E-state index contributed by atoms with van der Waals surface area (Å²) in [5.41, 5.74) is 3.37. The molecule has 4 nitrogen and oxygen atoms in total. The molecule has 0 aliphatic rings. The third-order valence-electron chi connectivity index (χ3n) is 2.92. The van der Waals surface area contributed by atoms with Crippen molar-refractivity contribution in [2.45, 2.75) is 13.8 Å². The summed E-state index contributed by atoms with van der Waals surface area (Å²) in [5, 5.41) is 0. The molecule has 1 heterocycles. The molecule has 0 amide bonds. The molecule has 2 aromatic rings. The molecule has 2 rings (SSSR count). The fourth-order valence-corrected chi connectivity index (χ4v) is 1.87. The van der Waals surface area contributed by atoms with Crippen molar-refractivity contribution in [3.05, 3.63) is 47.7 Å². The first-order valence-corrected chi connectivity index (χ1v) is 6.44. The van der Waals surface area contributed by atoms with Crippen LogP contribution in [0.2, 0.25) is 0 Å². The number of aryl methyl sites for hydroxylation is 1. The van der Waals surface area contributed by atoms with Crippen LogP contribution in [0.25, 0.3) is 11.1 Å². The average molecular weight is 271 g/mol. The van der Waals surface area contributed by atoms with Gasteiger partial charge in [0.2, 0.25) is 5.88 Å². The Kier molecular flexibility index (Phi) is 4.35. The van der Waals surface area contributed by atoms with Gasteiger partial charge in [0.15, 0.2) is 0 Å². The molecular formula is C16H17NO3. The second kappa shape index (κ2) is 6.19. The number of aromatic nitrogens is 1. The Hall–Kier alpha value is -2.36. The van der Waals surface area contributed by atoms with Crippen molar-refractivity contribution in [1.29, 1.82) is 0 Å².